The predicted molar refractivity (Wildman–Crippen MR) is 58.3 cm³/mol. The molecule has 0 aromatic carbocycles. The van der Waals surface area contributed by atoms with Crippen LogP contribution >= 0.6 is 0 Å². The van der Waals surface area contributed by atoms with Crippen LogP contribution in [0, 0.1) is 5.92 Å². The predicted octanol–water partition coefficient (Wildman–Crippen LogP) is 1.44. The Hall–Kier alpha value is -1.06. The van der Waals surface area contributed by atoms with E-state index < -0.39 is 11.9 Å². The third-order valence-electron chi connectivity index (χ3n) is 2.35. The first-order chi connectivity index (χ1) is 7.06. The number of carbonyl (C=O) groups is 2. The van der Waals surface area contributed by atoms with Gasteiger partial charge in [0.05, 0.1) is 6.61 Å². The number of esters is 1. The van der Waals surface area contributed by atoms with E-state index in [2.05, 4.69) is 18.6 Å². The summed E-state index contributed by atoms with van der Waals surface area (Å²) >= 11 is 0. The van der Waals surface area contributed by atoms with Crippen molar-refractivity contribution in [2.45, 2.75) is 34.1 Å². The Morgan fingerprint density at radius 2 is 1.87 bits per heavy atom. The van der Waals surface area contributed by atoms with E-state index in [1.165, 1.54) is 4.90 Å². The van der Waals surface area contributed by atoms with Crippen LogP contribution in [-0.4, -0.2) is 36.5 Å². The van der Waals surface area contributed by atoms with Gasteiger partial charge in [0.1, 0.15) is 0 Å². The summed E-state index contributed by atoms with van der Waals surface area (Å²) in [6.07, 6.45) is 0.993. The van der Waals surface area contributed by atoms with Crippen LogP contribution in [0.5, 0.6) is 0 Å². The number of nitrogens with zero attached hydrogens (tertiary/aromatic N) is 1. The van der Waals surface area contributed by atoms with Crippen molar-refractivity contribution < 1.29 is 14.3 Å². The van der Waals surface area contributed by atoms with Gasteiger partial charge in [0, 0.05) is 13.1 Å². The third kappa shape index (κ3) is 4.81. The summed E-state index contributed by atoms with van der Waals surface area (Å²) in [4.78, 5) is 24.3. The molecule has 0 N–H and O–H groups in total. The lowest BCUT2D eigenvalue weighted by Gasteiger charge is -2.22. The quantitative estimate of drug-likeness (QED) is 0.515. The minimum atomic E-state index is -0.748. The summed E-state index contributed by atoms with van der Waals surface area (Å²) in [6.45, 7) is 9.07. The minimum Gasteiger partial charge on any atom is -0.459 e. The fourth-order valence-corrected chi connectivity index (χ4v) is 1.18. The highest BCUT2D eigenvalue weighted by Gasteiger charge is 2.22. The second kappa shape index (κ2) is 7.26. The third-order valence-corrected chi connectivity index (χ3v) is 2.35. The summed E-state index contributed by atoms with van der Waals surface area (Å²) in [5.74, 6) is -0.870. The van der Waals surface area contributed by atoms with E-state index in [4.69, 9.17) is 0 Å². The molecule has 0 rings (SSSR count). The van der Waals surface area contributed by atoms with Gasteiger partial charge < -0.3 is 9.64 Å². The van der Waals surface area contributed by atoms with Crippen LogP contribution in [0.2, 0.25) is 0 Å². The molecule has 1 unspecified atom stereocenters. The average molecular weight is 215 g/mol. The standard InChI is InChI=1S/C11H21NO3/c1-5-9(4)8-12(6-2)10(13)11(14)15-7-3/h9H,5-8H2,1-4H3. The van der Waals surface area contributed by atoms with Gasteiger partial charge in [-0.3, -0.25) is 4.79 Å². The van der Waals surface area contributed by atoms with Gasteiger partial charge in [0.2, 0.25) is 0 Å². The van der Waals surface area contributed by atoms with E-state index in [1.54, 1.807) is 6.92 Å². The molecule has 0 aliphatic carbocycles. The highest BCUT2D eigenvalue weighted by molar-refractivity contribution is 6.32. The van der Waals surface area contributed by atoms with E-state index in [1.807, 2.05) is 6.92 Å². The van der Waals surface area contributed by atoms with Crippen LogP contribution < -0.4 is 0 Å². The Balaban J connectivity index is 4.27. The molecule has 0 bridgehead atoms. The molecule has 0 aliphatic rings. The number of carbonyl (C=O) groups excluding carboxylic acids is 2. The average Bonchev–Trinajstić information content (AvgIpc) is 2.24. The van der Waals surface area contributed by atoms with E-state index in [0.29, 0.717) is 19.0 Å². The molecule has 4 heteroatoms. The topological polar surface area (TPSA) is 46.6 Å². The molecule has 15 heavy (non-hydrogen) atoms. The summed E-state index contributed by atoms with van der Waals surface area (Å²) < 4.78 is 4.67. The molecular weight excluding hydrogens is 194 g/mol. The molecule has 0 saturated heterocycles. The lowest BCUT2D eigenvalue weighted by molar-refractivity contribution is -0.160. The Kier molecular flexibility index (Phi) is 6.75. The number of hydrogen-bond acceptors (Lipinski definition) is 3. The van der Waals surface area contributed by atoms with Gasteiger partial charge in [-0.05, 0) is 19.8 Å². The van der Waals surface area contributed by atoms with Crippen LogP contribution in [-0.2, 0) is 14.3 Å². The number of amides is 1. The Morgan fingerprint density at radius 1 is 1.27 bits per heavy atom. The van der Waals surface area contributed by atoms with Crippen molar-refractivity contribution in [1.82, 2.24) is 4.90 Å². The highest BCUT2D eigenvalue weighted by Crippen LogP contribution is 2.04. The Bertz CT molecular complexity index is 216. The SMILES string of the molecule is CCOC(=O)C(=O)N(CC)CC(C)CC. The van der Waals surface area contributed by atoms with E-state index in [9.17, 15) is 9.59 Å². The molecule has 0 radical (unpaired) electrons. The maximum absolute atomic E-state index is 11.6. The van der Waals surface area contributed by atoms with Crippen molar-refractivity contribution in [2.75, 3.05) is 19.7 Å². The molecule has 88 valence electrons. The largest absolute Gasteiger partial charge is 0.459 e. The Morgan fingerprint density at radius 3 is 2.27 bits per heavy atom. The van der Waals surface area contributed by atoms with Gasteiger partial charge in [0.15, 0.2) is 0 Å². The zero-order valence-electron chi connectivity index (χ0n) is 10.1. The Labute approximate surface area is 91.6 Å². The first-order valence-corrected chi connectivity index (χ1v) is 5.52. The molecule has 1 amide bonds. The fourth-order valence-electron chi connectivity index (χ4n) is 1.18. The number of ether oxygens (including phenoxy) is 1. The second-order valence-electron chi connectivity index (χ2n) is 3.58. The van der Waals surface area contributed by atoms with Gasteiger partial charge >= 0.3 is 11.9 Å². The van der Waals surface area contributed by atoms with E-state index >= 15 is 0 Å². The van der Waals surface area contributed by atoms with Crippen LogP contribution in [0.15, 0.2) is 0 Å². The molecular formula is C11H21NO3. The monoisotopic (exact) mass is 215 g/mol. The summed E-state index contributed by atoms with van der Waals surface area (Å²) in [6, 6.07) is 0. The number of likely N-dealkylation sites (N-methyl/N-ethyl adjacent to an activating group) is 1. The zero-order valence-corrected chi connectivity index (χ0v) is 10.1. The van der Waals surface area contributed by atoms with E-state index in [-0.39, 0.29) is 6.61 Å². The first-order valence-electron chi connectivity index (χ1n) is 5.52. The van der Waals surface area contributed by atoms with Crippen molar-refractivity contribution in [3.63, 3.8) is 0 Å². The molecule has 0 spiro atoms. The first kappa shape index (κ1) is 13.9. The van der Waals surface area contributed by atoms with Crippen LogP contribution in [0.4, 0.5) is 0 Å². The van der Waals surface area contributed by atoms with Crippen LogP contribution in [0.3, 0.4) is 0 Å². The summed E-state index contributed by atoms with van der Waals surface area (Å²) in [5, 5.41) is 0. The van der Waals surface area contributed by atoms with Crippen molar-refractivity contribution >= 4 is 11.9 Å². The number of rotatable bonds is 5. The molecule has 0 heterocycles. The minimum absolute atomic E-state index is 0.242. The maximum atomic E-state index is 11.6. The fraction of sp³-hybridized carbons (Fsp3) is 0.818. The lowest BCUT2D eigenvalue weighted by atomic mass is 10.1. The van der Waals surface area contributed by atoms with Crippen LogP contribution in [0.1, 0.15) is 34.1 Å². The van der Waals surface area contributed by atoms with Crippen molar-refractivity contribution in [1.29, 1.82) is 0 Å². The van der Waals surface area contributed by atoms with Gasteiger partial charge in [-0.2, -0.15) is 0 Å². The molecule has 0 aliphatic heterocycles. The number of hydrogen-bond donors (Lipinski definition) is 0. The second-order valence-corrected chi connectivity index (χ2v) is 3.58. The zero-order chi connectivity index (χ0) is 11.8. The van der Waals surface area contributed by atoms with Gasteiger partial charge in [-0.25, -0.2) is 4.79 Å². The molecule has 1 atom stereocenters. The molecule has 0 fully saturated rings. The molecule has 0 saturated carbocycles. The molecule has 4 nitrogen and oxygen atoms in total. The maximum Gasteiger partial charge on any atom is 0.397 e. The summed E-state index contributed by atoms with van der Waals surface area (Å²) in [7, 11) is 0. The van der Waals surface area contributed by atoms with E-state index in [0.717, 1.165) is 6.42 Å². The van der Waals surface area contributed by atoms with Crippen LogP contribution in [0.25, 0.3) is 0 Å². The lowest BCUT2D eigenvalue weighted by Crippen LogP contribution is -2.40. The van der Waals surface area contributed by atoms with Gasteiger partial charge in [-0.15, -0.1) is 0 Å². The van der Waals surface area contributed by atoms with Crippen molar-refractivity contribution in [3.8, 4) is 0 Å². The van der Waals surface area contributed by atoms with Gasteiger partial charge in [0.25, 0.3) is 0 Å². The van der Waals surface area contributed by atoms with Crippen molar-refractivity contribution in [2.24, 2.45) is 5.92 Å². The van der Waals surface area contributed by atoms with Gasteiger partial charge in [-0.1, -0.05) is 20.3 Å². The molecule has 0 aromatic heterocycles. The molecule has 0 aromatic rings. The van der Waals surface area contributed by atoms with Crippen molar-refractivity contribution in [3.05, 3.63) is 0 Å². The normalized spacial score (nSPS) is 12.0. The highest BCUT2D eigenvalue weighted by atomic mass is 16.5. The summed E-state index contributed by atoms with van der Waals surface area (Å²) in [5.41, 5.74) is 0. The smallest absolute Gasteiger partial charge is 0.397 e.